The van der Waals surface area contributed by atoms with E-state index in [2.05, 4.69) is 21.3 Å². The Balaban J connectivity index is 1.39. The summed E-state index contributed by atoms with van der Waals surface area (Å²) in [7, 11) is -4.00. The third-order valence-electron chi connectivity index (χ3n) is 5.19. The van der Waals surface area contributed by atoms with Gasteiger partial charge in [0.1, 0.15) is 16.8 Å². The molecule has 1 atom stereocenters. The number of hydrogen-bond donors (Lipinski definition) is 1. The number of anilines is 1. The first-order chi connectivity index (χ1) is 15.7. The van der Waals surface area contributed by atoms with Gasteiger partial charge in [-0.1, -0.05) is 36.2 Å². The number of halogens is 2. The quantitative estimate of drug-likeness (QED) is 0.431. The van der Waals surface area contributed by atoms with Crippen LogP contribution in [0.25, 0.3) is 11.5 Å². The minimum absolute atomic E-state index is 0.288. The van der Waals surface area contributed by atoms with Crippen molar-refractivity contribution in [1.29, 1.82) is 0 Å². The molecule has 4 rings (SSSR count). The first-order valence-electron chi connectivity index (χ1n) is 10.0. The van der Waals surface area contributed by atoms with Crippen molar-refractivity contribution in [2.75, 3.05) is 18.0 Å². The van der Waals surface area contributed by atoms with Crippen molar-refractivity contribution in [2.24, 2.45) is 5.92 Å². The lowest BCUT2D eigenvalue weighted by atomic mass is 10.00. The number of thiophene rings is 1. The summed E-state index contributed by atoms with van der Waals surface area (Å²) in [4.78, 5) is 23.5. The van der Waals surface area contributed by atoms with Crippen LogP contribution in [-0.2, 0) is 21.2 Å². The first-order valence-corrected chi connectivity index (χ1v) is 13.1. The van der Waals surface area contributed by atoms with Crippen molar-refractivity contribution in [3.05, 3.63) is 63.2 Å². The van der Waals surface area contributed by atoms with Crippen LogP contribution in [0, 0.1) is 5.92 Å². The molecule has 8 nitrogen and oxygen atoms in total. The maximum atomic E-state index is 12.7. The Morgan fingerprint density at radius 1 is 1.36 bits per heavy atom. The maximum absolute atomic E-state index is 12.7. The molecule has 0 radical (unpaired) electrons. The molecule has 4 heterocycles. The molecule has 3 aromatic rings. The SMILES string of the molecule is C=CC(c1ccc(Cl)s1)S(=O)(=O)NC(=O)C1CN(c2ncc(-c3ncc(CC)o3)cc2Cl)C1. The molecule has 0 bridgehead atoms. The summed E-state index contributed by atoms with van der Waals surface area (Å²) in [5, 5.41) is -0.682. The number of amides is 1. The molecule has 0 aliphatic carbocycles. The smallest absolute Gasteiger partial charge is 0.246 e. The fraction of sp³-hybridized carbons (Fsp3) is 0.286. The highest BCUT2D eigenvalue weighted by molar-refractivity contribution is 7.90. The van der Waals surface area contributed by atoms with Crippen molar-refractivity contribution in [3.8, 4) is 11.5 Å². The number of aromatic nitrogens is 2. The Bertz CT molecular complexity index is 1300. The van der Waals surface area contributed by atoms with Gasteiger partial charge in [-0.15, -0.1) is 17.9 Å². The summed E-state index contributed by atoms with van der Waals surface area (Å²) in [5.74, 6) is 0.598. The number of aryl methyl sites for hydroxylation is 1. The topological polar surface area (TPSA) is 105 Å². The Morgan fingerprint density at radius 2 is 2.12 bits per heavy atom. The number of carbonyl (C=O) groups is 1. The van der Waals surface area contributed by atoms with Crippen LogP contribution in [-0.4, -0.2) is 37.4 Å². The predicted molar refractivity (Wildman–Crippen MR) is 129 cm³/mol. The molecular formula is C21H20Cl2N4O4S2. The maximum Gasteiger partial charge on any atom is 0.246 e. The number of oxazole rings is 1. The van der Waals surface area contributed by atoms with E-state index in [1.54, 1.807) is 35.5 Å². The Labute approximate surface area is 205 Å². The molecule has 1 amide bonds. The summed E-state index contributed by atoms with van der Waals surface area (Å²) in [6, 6.07) is 4.91. The van der Waals surface area contributed by atoms with Gasteiger partial charge in [0, 0.05) is 30.6 Å². The van der Waals surface area contributed by atoms with E-state index in [1.165, 1.54) is 6.08 Å². The molecule has 1 fully saturated rings. The van der Waals surface area contributed by atoms with E-state index in [9.17, 15) is 13.2 Å². The zero-order valence-electron chi connectivity index (χ0n) is 17.5. The molecule has 3 aromatic heterocycles. The van der Waals surface area contributed by atoms with Crippen LogP contribution in [0.1, 0.15) is 22.8 Å². The lowest BCUT2D eigenvalue weighted by Crippen LogP contribution is -2.55. The zero-order valence-corrected chi connectivity index (χ0v) is 20.6. The van der Waals surface area contributed by atoms with Crippen LogP contribution in [0.2, 0.25) is 9.36 Å². The molecule has 1 saturated heterocycles. The number of pyridine rings is 1. The lowest BCUT2D eigenvalue weighted by molar-refractivity contribution is -0.123. The second-order valence-electron chi connectivity index (χ2n) is 7.43. The average molecular weight is 527 g/mol. The highest BCUT2D eigenvalue weighted by Crippen LogP contribution is 2.34. The Kier molecular flexibility index (Phi) is 6.81. The summed E-state index contributed by atoms with van der Waals surface area (Å²) >= 11 is 13.4. The summed E-state index contributed by atoms with van der Waals surface area (Å²) in [6.45, 7) is 6.13. The predicted octanol–water partition coefficient (Wildman–Crippen LogP) is 4.48. The normalized spacial score (nSPS) is 15.2. The van der Waals surface area contributed by atoms with Crippen molar-refractivity contribution in [2.45, 2.75) is 18.6 Å². The van der Waals surface area contributed by atoms with Gasteiger partial charge >= 0.3 is 0 Å². The van der Waals surface area contributed by atoms with Gasteiger partial charge < -0.3 is 9.32 Å². The molecule has 33 heavy (non-hydrogen) atoms. The highest BCUT2D eigenvalue weighted by Gasteiger charge is 2.38. The standard InChI is InChI=1S/C21H20Cl2N4O4S2/c1-3-14-9-25-21(31-14)12-7-15(22)19(24-8-12)27-10-13(11-27)20(28)26-33(29,30)17(4-2)16-5-6-18(23)32-16/h4-9,13,17H,2-3,10-11H2,1H3,(H,26,28). The molecule has 12 heteroatoms. The van der Waals surface area contributed by atoms with E-state index in [0.29, 0.717) is 31.5 Å². The fourth-order valence-electron chi connectivity index (χ4n) is 3.37. The van der Waals surface area contributed by atoms with Crippen LogP contribution in [0.15, 0.2) is 47.7 Å². The van der Waals surface area contributed by atoms with Crippen LogP contribution in [0.5, 0.6) is 0 Å². The van der Waals surface area contributed by atoms with Gasteiger partial charge in [-0.2, -0.15) is 0 Å². The number of sulfonamides is 1. The van der Waals surface area contributed by atoms with E-state index in [4.69, 9.17) is 27.6 Å². The number of hydrogen-bond acceptors (Lipinski definition) is 8. The average Bonchev–Trinajstić information content (AvgIpc) is 3.37. The molecule has 0 spiro atoms. The van der Waals surface area contributed by atoms with Gasteiger partial charge in [-0.05, 0) is 18.2 Å². The van der Waals surface area contributed by atoms with Gasteiger partial charge in [0.05, 0.1) is 27.0 Å². The molecule has 1 unspecified atom stereocenters. The molecule has 0 aromatic carbocycles. The van der Waals surface area contributed by atoms with E-state index >= 15 is 0 Å². The van der Waals surface area contributed by atoms with Crippen LogP contribution in [0.3, 0.4) is 0 Å². The summed E-state index contributed by atoms with van der Waals surface area (Å²) in [5.41, 5.74) is 0.647. The lowest BCUT2D eigenvalue weighted by Gasteiger charge is -2.39. The van der Waals surface area contributed by atoms with Crippen molar-refractivity contribution < 1.29 is 17.6 Å². The minimum atomic E-state index is -4.00. The molecule has 1 aliphatic heterocycles. The Morgan fingerprint density at radius 3 is 2.70 bits per heavy atom. The van der Waals surface area contributed by atoms with E-state index in [0.717, 1.165) is 23.5 Å². The summed E-state index contributed by atoms with van der Waals surface area (Å²) in [6.07, 6.45) is 5.26. The van der Waals surface area contributed by atoms with Crippen LogP contribution < -0.4 is 9.62 Å². The zero-order chi connectivity index (χ0) is 23.8. The fourth-order valence-corrected chi connectivity index (χ4v) is 6.43. The van der Waals surface area contributed by atoms with Gasteiger partial charge in [-0.3, -0.25) is 9.52 Å². The molecule has 1 N–H and O–H groups in total. The second kappa shape index (κ2) is 9.46. The molecular weight excluding hydrogens is 507 g/mol. The van der Waals surface area contributed by atoms with Crippen molar-refractivity contribution >= 4 is 56.3 Å². The van der Waals surface area contributed by atoms with Gasteiger partial charge in [0.15, 0.2) is 0 Å². The van der Waals surface area contributed by atoms with Crippen molar-refractivity contribution in [1.82, 2.24) is 14.7 Å². The molecule has 0 saturated carbocycles. The number of rotatable bonds is 8. The first kappa shape index (κ1) is 23.7. The highest BCUT2D eigenvalue weighted by atomic mass is 35.5. The van der Waals surface area contributed by atoms with E-state index in [1.807, 2.05) is 6.92 Å². The Hall–Kier alpha value is -2.40. The van der Waals surface area contributed by atoms with Crippen molar-refractivity contribution in [3.63, 3.8) is 0 Å². The number of carbonyl (C=O) groups excluding carboxylic acids is 1. The third kappa shape index (κ3) is 4.93. The summed E-state index contributed by atoms with van der Waals surface area (Å²) < 4.78 is 33.7. The largest absolute Gasteiger partial charge is 0.441 e. The number of nitrogens with one attached hydrogen (secondary N) is 1. The third-order valence-corrected chi connectivity index (χ3v) is 8.53. The van der Waals surface area contributed by atoms with E-state index in [-0.39, 0.29) is 13.1 Å². The monoisotopic (exact) mass is 526 g/mol. The van der Waals surface area contributed by atoms with Gasteiger partial charge in [0.25, 0.3) is 0 Å². The molecule has 1 aliphatic rings. The van der Waals surface area contributed by atoms with Gasteiger partial charge in [-0.25, -0.2) is 18.4 Å². The molecule has 174 valence electrons. The van der Waals surface area contributed by atoms with Crippen LogP contribution >= 0.6 is 34.5 Å². The number of nitrogens with zero attached hydrogens (tertiary/aromatic N) is 3. The second-order valence-corrected chi connectivity index (χ2v) is 11.4. The van der Waals surface area contributed by atoms with E-state index < -0.39 is 27.1 Å². The minimum Gasteiger partial charge on any atom is -0.441 e. The van der Waals surface area contributed by atoms with Gasteiger partial charge in [0.2, 0.25) is 21.8 Å². The van der Waals surface area contributed by atoms with Crippen LogP contribution in [0.4, 0.5) is 5.82 Å².